The van der Waals surface area contributed by atoms with E-state index in [9.17, 15) is 4.79 Å². The van der Waals surface area contributed by atoms with E-state index in [4.69, 9.17) is 9.72 Å². The number of aryl methyl sites for hydroxylation is 1. The van der Waals surface area contributed by atoms with Crippen LogP contribution in [0.2, 0.25) is 0 Å². The monoisotopic (exact) mass is 410 g/mol. The Labute approximate surface area is 173 Å². The zero-order chi connectivity index (χ0) is 21.0. The maximum Gasteiger partial charge on any atom is 0.255 e. The molecule has 0 spiro atoms. The highest BCUT2D eigenvalue weighted by molar-refractivity contribution is 5.55. The van der Waals surface area contributed by atoms with Crippen LogP contribution in [-0.4, -0.2) is 61.4 Å². The molecule has 0 radical (unpaired) electrons. The van der Waals surface area contributed by atoms with Gasteiger partial charge < -0.3 is 14.5 Å². The normalized spacial score (nSPS) is 21.9. The SMILES string of the molecule is Cc1nc2ncnn2c(N2CCc3c(nc(N4C[C@H](C)O[C@@H](C)C4)[nH]c3=O)C2)c1C. The number of anilines is 2. The summed E-state index contributed by atoms with van der Waals surface area (Å²) in [4.78, 5) is 33.8. The Bertz CT molecular complexity index is 1160. The maximum atomic E-state index is 12.8. The Morgan fingerprint density at radius 1 is 1.13 bits per heavy atom. The van der Waals surface area contributed by atoms with Crippen LogP contribution in [-0.2, 0) is 17.7 Å². The van der Waals surface area contributed by atoms with Crippen molar-refractivity contribution in [3.05, 3.63) is 39.2 Å². The molecule has 0 amide bonds. The minimum absolute atomic E-state index is 0.0463. The lowest BCUT2D eigenvalue weighted by atomic mass is 10.1. The van der Waals surface area contributed by atoms with Crippen LogP contribution >= 0.6 is 0 Å². The molecule has 0 aromatic carbocycles. The van der Waals surface area contributed by atoms with Crippen LogP contribution in [0.15, 0.2) is 11.1 Å². The molecule has 2 atom stereocenters. The summed E-state index contributed by atoms with van der Waals surface area (Å²) < 4.78 is 7.59. The first-order valence-corrected chi connectivity index (χ1v) is 10.3. The Hall–Kier alpha value is -3.01. The van der Waals surface area contributed by atoms with Crippen LogP contribution in [0.3, 0.4) is 0 Å². The Balaban J connectivity index is 1.53. The highest BCUT2D eigenvalue weighted by atomic mass is 16.5. The van der Waals surface area contributed by atoms with Crippen molar-refractivity contribution < 1.29 is 4.74 Å². The van der Waals surface area contributed by atoms with Crippen molar-refractivity contribution in [2.24, 2.45) is 0 Å². The van der Waals surface area contributed by atoms with Crippen LogP contribution in [0.4, 0.5) is 11.8 Å². The average molecular weight is 410 g/mol. The molecule has 0 bridgehead atoms. The molecule has 2 aliphatic heterocycles. The first kappa shape index (κ1) is 19.0. The quantitative estimate of drug-likeness (QED) is 0.667. The first-order chi connectivity index (χ1) is 14.4. The lowest BCUT2D eigenvalue weighted by Crippen LogP contribution is -2.47. The lowest BCUT2D eigenvalue weighted by molar-refractivity contribution is -0.00575. The second kappa shape index (κ2) is 7.05. The lowest BCUT2D eigenvalue weighted by Gasteiger charge is -2.36. The summed E-state index contributed by atoms with van der Waals surface area (Å²) in [6.45, 7) is 10.8. The minimum atomic E-state index is -0.0463. The number of H-pyrrole nitrogens is 1. The van der Waals surface area contributed by atoms with E-state index in [-0.39, 0.29) is 17.8 Å². The molecule has 2 aliphatic rings. The molecule has 1 fully saturated rings. The summed E-state index contributed by atoms with van der Waals surface area (Å²) in [5.41, 5.74) is 3.51. The van der Waals surface area contributed by atoms with Crippen LogP contribution in [0.5, 0.6) is 0 Å². The van der Waals surface area contributed by atoms with Crippen molar-refractivity contribution in [3.63, 3.8) is 0 Å². The van der Waals surface area contributed by atoms with Gasteiger partial charge in [0, 0.05) is 36.5 Å². The van der Waals surface area contributed by atoms with E-state index in [1.54, 1.807) is 4.52 Å². The fourth-order valence-electron chi connectivity index (χ4n) is 4.49. The number of hydrogen-bond donors (Lipinski definition) is 1. The van der Waals surface area contributed by atoms with Crippen LogP contribution in [0.25, 0.3) is 5.78 Å². The third-order valence-corrected chi connectivity index (χ3v) is 5.96. The second-order valence-electron chi connectivity index (χ2n) is 8.27. The molecule has 10 nitrogen and oxygen atoms in total. The zero-order valence-electron chi connectivity index (χ0n) is 17.7. The van der Waals surface area contributed by atoms with Gasteiger partial charge in [0.25, 0.3) is 11.3 Å². The van der Waals surface area contributed by atoms with E-state index in [2.05, 4.69) is 29.9 Å². The van der Waals surface area contributed by atoms with Crippen molar-refractivity contribution >= 4 is 17.5 Å². The number of aromatic amines is 1. The Morgan fingerprint density at radius 2 is 1.90 bits per heavy atom. The predicted octanol–water partition coefficient (Wildman–Crippen LogP) is 1.00. The number of fused-ring (bicyclic) bond motifs is 2. The number of rotatable bonds is 2. The van der Waals surface area contributed by atoms with E-state index in [1.807, 2.05) is 27.7 Å². The van der Waals surface area contributed by atoms with Crippen molar-refractivity contribution in [2.45, 2.75) is 52.9 Å². The van der Waals surface area contributed by atoms with E-state index in [0.717, 1.165) is 28.3 Å². The molecule has 0 unspecified atom stereocenters. The maximum absolute atomic E-state index is 12.8. The van der Waals surface area contributed by atoms with Gasteiger partial charge in [0.15, 0.2) is 0 Å². The molecule has 30 heavy (non-hydrogen) atoms. The molecule has 5 heterocycles. The van der Waals surface area contributed by atoms with Crippen molar-refractivity contribution in [1.82, 2.24) is 29.5 Å². The Morgan fingerprint density at radius 3 is 2.67 bits per heavy atom. The number of nitrogens with zero attached hydrogens (tertiary/aromatic N) is 7. The summed E-state index contributed by atoms with van der Waals surface area (Å²) >= 11 is 0. The highest BCUT2D eigenvalue weighted by Crippen LogP contribution is 2.27. The molecular formula is C20H26N8O2. The van der Waals surface area contributed by atoms with Gasteiger partial charge in [-0.15, -0.1) is 0 Å². The first-order valence-electron chi connectivity index (χ1n) is 10.3. The van der Waals surface area contributed by atoms with Crippen LogP contribution < -0.4 is 15.4 Å². The highest BCUT2D eigenvalue weighted by Gasteiger charge is 2.28. The summed E-state index contributed by atoms with van der Waals surface area (Å²) in [6, 6.07) is 0. The number of aromatic nitrogens is 6. The van der Waals surface area contributed by atoms with Gasteiger partial charge in [0.05, 0.1) is 24.4 Å². The van der Waals surface area contributed by atoms with Gasteiger partial charge in [-0.3, -0.25) is 9.78 Å². The van der Waals surface area contributed by atoms with Gasteiger partial charge in [-0.2, -0.15) is 14.6 Å². The molecule has 10 heteroatoms. The van der Waals surface area contributed by atoms with E-state index < -0.39 is 0 Å². The third kappa shape index (κ3) is 3.11. The largest absolute Gasteiger partial charge is 0.372 e. The Kier molecular flexibility index (Phi) is 4.46. The molecule has 1 N–H and O–H groups in total. The summed E-state index contributed by atoms with van der Waals surface area (Å²) in [5.74, 6) is 2.16. The number of ether oxygens (including phenoxy) is 1. The summed E-state index contributed by atoms with van der Waals surface area (Å²) in [7, 11) is 0. The molecule has 5 rings (SSSR count). The summed E-state index contributed by atoms with van der Waals surface area (Å²) in [5, 5.41) is 4.37. The molecule has 0 aliphatic carbocycles. The predicted molar refractivity (Wildman–Crippen MR) is 112 cm³/mol. The number of morpholine rings is 1. The second-order valence-corrected chi connectivity index (χ2v) is 8.27. The molecule has 158 valence electrons. The molecule has 3 aromatic rings. The smallest absolute Gasteiger partial charge is 0.255 e. The number of nitrogens with one attached hydrogen (secondary N) is 1. The standard InChI is InChI=1S/C20H26N8O2/c1-11-7-27(8-12(2)30-11)20-24-16-9-26(6-5-15(16)17(29)25-20)18-13(3)14(4)23-19-21-10-22-28(18)19/h10-12H,5-9H2,1-4H3,(H,24,25,29)/t11-,12-/m0/s1. The number of hydrogen-bond acceptors (Lipinski definition) is 8. The van der Waals surface area contributed by atoms with Gasteiger partial charge in [0.1, 0.15) is 12.1 Å². The van der Waals surface area contributed by atoms with E-state index >= 15 is 0 Å². The molecule has 3 aromatic heterocycles. The van der Waals surface area contributed by atoms with Gasteiger partial charge in [-0.1, -0.05) is 0 Å². The van der Waals surface area contributed by atoms with E-state index in [1.165, 1.54) is 6.33 Å². The van der Waals surface area contributed by atoms with Crippen molar-refractivity contribution in [3.8, 4) is 0 Å². The van der Waals surface area contributed by atoms with Crippen molar-refractivity contribution in [1.29, 1.82) is 0 Å². The zero-order valence-corrected chi connectivity index (χ0v) is 17.7. The topological polar surface area (TPSA) is 105 Å². The van der Waals surface area contributed by atoms with Gasteiger partial charge >= 0.3 is 0 Å². The van der Waals surface area contributed by atoms with Crippen LogP contribution in [0.1, 0.15) is 36.4 Å². The van der Waals surface area contributed by atoms with Gasteiger partial charge in [0.2, 0.25) is 5.95 Å². The van der Waals surface area contributed by atoms with Gasteiger partial charge in [-0.25, -0.2) is 9.97 Å². The average Bonchev–Trinajstić information content (AvgIpc) is 3.15. The summed E-state index contributed by atoms with van der Waals surface area (Å²) in [6.07, 6.45) is 2.33. The van der Waals surface area contributed by atoms with Crippen LogP contribution in [0, 0.1) is 13.8 Å². The van der Waals surface area contributed by atoms with Crippen molar-refractivity contribution in [2.75, 3.05) is 29.4 Å². The molecule has 0 saturated carbocycles. The molecule has 1 saturated heterocycles. The fourth-order valence-corrected chi connectivity index (χ4v) is 4.49. The van der Waals surface area contributed by atoms with E-state index in [0.29, 0.717) is 44.3 Å². The third-order valence-electron chi connectivity index (χ3n) is 5.96. The fraction of sp³-hybridized carbons (Fsp3) is 0.550. The molecular weight excluding hydrogens is 384 g/mol. The minimum Gasteiger partial charge on any atom is -0.372 e. The van der Waals surface area contributed by atoms with Gasteiger partial charge in [-0.05, 0) is 34.1 Å².